The summed E-state index contributed by atoms with van der Waals surface area (Å²) in [6, 6.07) is 8.34. The molecule has 0 spiro atoms. The van der Waals surface area contributed by atoms with Crippen molar-refractivity contribution in [2.24, 2.45) is 5.41 Å². The van der Waals surface area contributed by atoms with E-state index in [4.69, 9.17) is 0 Å². The van der Waals surface area contributed by atoms with E-state index in [0.29, 0.717) is 0 Å². The maximum atomic E-state index is 12.9. The van der Waals surface area contributed by atoms with Gasteiger partial charge in [-0.3, -0.25) is 4.79 Å². The van der Waals surface area contributed by atoms with Crippen LogP contribution in [0.1, 0.15) is 56.7 Å². The predicted molar refractivity (Wildman–Crippen MR) is 87.2 cm³/mol. The third kappa shape index (κ3) is 3.65. The number of carbonyl (C=O) groups is 1. The van der Waals surface area contributed by atoms with E-state index >= 15 is 0 Å². The Balaban J connectivity index is 2.10. The SMILES string of the molecule is CCCC1(C(=O)NC(C)c2ccccc2C)CCCNC1. The van der Waals surface area contributed by atoms with Crippen molar-refractivity contribution in [3.8, 4) is 0 Å². The number of amides is 1. The summed E-state index contributed by atoms with van der Waals surface area (Å²) in [6.45, 7) is 8.19. The molecule has 3 heteroatoms. The van der Waals surface area contributed by atoms with E-state index in [1.54, 1.807) is 0 Å². The zero-order chi connectivity index (χ0) is 15.3. The lowest BCUT2D eigenvalue weighted by Gasteiger charge is -2.37. The molecule has 0 bridgehead atoms. The molecular formula is C18H28N2O. The van der Waals surface area contributed by atoms with Crippen LogP contribution in [0.3, 0.4) is 0 Å². The Morgan fingerprint density at radius 3 is 2.81 bits per heavy atom. The monoisotopic (exact) mass is 288 g/mol. The van der Waals surface area contributed by atoms with Crippen LogP contribution in [0.4, 0.5) is 0 Å². The molecule has 116 valence electrons. The fourth-order valence-electron chi connectivity index (χ4n) is 3.47. The maximum Gasteiger partial charge on any atom is 0.227 e. The highest BCUT2D eigenvalue weighted by atomic mass is 16.2. The number of aryl methyl sites for hydroxylation is 1. The Bertz CT molecular complexity index is 472. The second-order valence-electron chi connectivity index (χ2n) is 6.36. The second kappa shape index (κ2) is 7.08. The summed E-state index contributed by atoms with van der Waals surface area (Å²) >= 11 is 0. The third-order valence-corrected chi connectivity index (χ3v) is 4.69. The number of rotatable bonds is 5. The highest BCUT2D eigenvalue weighted by molar-refractivity contribution is 5.83. The molecule has 1 amide bonds. The molecule has 1 aliphatic rings. The van der Waals surface area contributed by atoms with Gasteiger partial charge in [-0.2, -0.15) is 0 Å². The lowest BCUT2D eigenvalue weighted by molar-refractivity contribution is -0.133. The van der Waals surface area contributed by atoms with Gasteiger partial charge in [0, 0.05) is 6.54 Å². The van der Waals surface area contributed by atoms with Crippen LogP contribution in [-0.4, -0.2) is 19.0 Å². The quantitative estimate of drug-likeness (QED) is 0.872. The van der Waals surface area contributed by atoms with Crippen molar-refractivity contribution in [1.82, 2.24) is 10.6 Å². The maximum absolute atomic E-state index is 12.9. The van der Waals surface area contributed by atoms with Gasteiger partial charge in [-0.15, -0.1) is 0 Å². The first-order valence-electron chi connectivity index (χ1n) is 8.16. The van der Waals surface area contributed by atoms with Crippen molar-refractivity contribution in [1.29, 1.82) is 0 Å². The molecule has 1 aliphatic heterocycles. The first-order chi connectivity index (χ1) is 10.1. The van der Waals surface area contributed by atoms with Gasteiger partial charge >= 0.3 is 0 Å². The molecule has 21 heavy (non-hydrogen) atoms. The molecule has 0 radical (unpaired) electrons. The van der Waals surface area contributed by atoms with Crippen molar-refractivity contribution in [2.75, 3.05) is 13.1 Å². The molecule has 0 aromatic heterocycles. The normalized spacial score (nSPS) is 23.6. The topological polar surface area (TPSA) is 41.1 Å². The minimum absolute atomic E-state index is 0.0642. The minimum Gasteiger partial charge on any atom is -0.349 e. The average molecular weight is 288 g/mol. The van der Waals surface area contributed by atoms with Gasteiger partial charge in [0.2, 0.25) is 5.91 Å². The summed E-state index contributed by atoms with van der Waals surface area (Å²) in [4.78, 5) is 12.9. The van der Waals surface area contributed by atoms with E-state index in [1.807, 2.05) is 12.1 Å². The van der Waals surface area contributed by atoms with Crippen LogP contribution in [-0.2, 0) is 4.79 Å². The summed E-state index contributed by atoms with van der Waals surface area (Å²) < 4.78 is 0. The molecule has 2 N–H and O–H groups in total. The van der Waals surface area contributed by atoms with Gasteiger partial charge in [0.25, 0.3) is 0 Å². The van der Waals surface area contributed by atoms with E-state index in [9.17, 15) is 4.79 Å². The summed E-state index contributed by atoms with van der Waals surface area (Å²) in [7, 11) is 0. The largest absolute Gasteiger partial charge is 0.349 e. The zero-order valence-electron chi connectivity index (χ0n) is 13.5. The Kier molecular flexibility index (Phi) is 5.40. The van der Waals surface area contributed by atoms with Crippen LogP contribution >= 0.6 is 0 Å². The number of hydrogen-bond acceptors (Lipinski definition) is 2. The molecular weight excluding hydrogens is 260 g/mol. The third-order valence-electron chi connectivity index (χ3n) is 4.69. The van der Waals surface area contributed by atoms with Gasteiger partial charge in [-0.1, -0.05) is 37.6 Å². The van der Waals surface area contributed by atoms with E-state index in [2.05, 4.69) is 43.5 Å². The van der Waals surface area contributed by atoms with Crippen molar-refractivity contribution in [2.45, 2.75) is 52.5 Å². The second-order valence-corrected chi connectivity index (χ2v) is 6.36. The minimum atomic E-state index is -0.218. The van der Waals surface area contributed by atoms with E-state index in [0.717, 1.165) is 38.8 Å². The molecule has 2 atom stereocenters. The Labute approximate surface area is 128 Å². The molecule has 1 saturated heterocycles. The lowest BCUT2D eigenvalue weighted by Crippen LogP contribution is -2.50. The van der Waals surface area contributed by atoms with E-state index in [-0.39, 0.29) is 17.4 Å². The number of hydrogen-bond donors (Lipinski definition) is 2. The fourth-order valence-corrected chi connectivity index (χ4v) is 3.47. The van der Waals surface area contributed by atoms with Crippen molar-refractivity contribution in [3.05, 3.63) is 35.4 Å². The molecule has 1 heterocycles. The van der Waals surface area contributed by atoms with Gasteiger partial charge in [0.1, 0.15) is 0 Å². The van der Waals surface area contributed by atoms with Gasteiger partial charge in [-0.05, 0) is 50.8 Å². The van der Waals surface area contributed by atoms with Gasteiger partial charge < -0.3 is 10.6 Å². The molecule has 1 fully saturated rings. The van der Waals surface area contributed by atoms with Gasteiger partial charge in [0.05, 0.1) is 11.5 Å². The summed E-state index contributed by atoms with van der Waals surface area (Å²) in [5.74, 6) is 0.215. The molecule has 2 rings (SSSR count). The first-order valence-corrected chi connectivity index (χ1v) is 8.16. The number of carbonyl (C=O) groups excluding carboxylic acids is 1. The van der Waals surface area contributed by atoms with Crippen LogP contribution in [0.15, 0.2) is 24.3 Å². The molecule has 0 saturated carbocycles. The van der Waals surface area contributed by atoms with Crippen molar-refractivity contribution in [3.63, 3.8) is 0 Å². The van der Waals surface area contributed by atoms with Crippen LogP contribution in [0.5, 0.6) is 0 Å². The van der Waals surface area contributed by atoms with Crippen LogP contribution in [0.25, 0.3) is 0 Å². The van der Waals surface area contributed by atoms with Gasteiger partial charge in [-0.25, -0.2) is 0 Å². The van der Waals surface area contributed by atoms with Crippen molar-refractivity contribution < 1.29 is 4.79 Å². The molecule has 1 aromatic carbocycles. The number of benzene rings is 1. The fraction of sp³-hybridized carbons (Fsp3) is 0.611. The predicted octanol–water partition coefficient (Wildman–Crippen LogP) is 3.34. The Morgan fingerprint density at radius 1 is 1.43 bits per heavy atom. The smallest absolute Gasteiger partial charge is 0.227 e. The lowest BCUT2D eigenvalue weighted by atomic mass is 9.76. The Hall–Kier alpha value is -1.35. The molecule has 2 unspecified atom stereocenters. The molecule has 0 aliphatic carbocycles. The average Bonchev–Trinajstić information content (AvgIpc) is 2.48. The Morgan fingerprint density at radius 2 is 2.19 bits per heavy atom. The highest BCUT2D eigenvalue weighted by Gasteiger charge is 2.39. The molecule has 3 nitrogen and oxygen atoms in total. The zero-order valence-corrected chi connectivity index (χ0v) is 13.5. The standard InChI is InChI=1S/C18H28N2O/c1-4-10-18(11-7-12-19-13-18)17(21)20-15(3)16-9-6-5-8-14(16)2/h5-6,8-9,15,19H,4,7,10-13H2,1-3H3,(H,20,21). The summed E-state index contributed by atoms with van der Waals surface area (Å²) in [5, 5.41) is 6.66. The summed E-state index contributed by atoms with van der Waals surface area (Å²) in [5.41, 5.74) is 2.22. The van der Waals surface area contributed by atoms with E-state index < -0.39 is 0 Å². The van der Waals surface area contributed by atoms with Crippen molar-refractivity contribution >= 4 is 5.91 Å². The van der Waals surface area contributed by atoms with E-state index in [1.165, 1.54) is 11.1 Å². The van der Waals surface area contributed by atoms with Crippen LogP contribution < -0.4 is 10.6 Å². The number of piperidine rings is 1. The van der Waals surface area contributed by atoms with Gasteiger partial charge in [0.15, 0.2) is 0 Å². The molecule has 1 aromatic rings. The summed E-state index contributed by atoms with van der Waals surface area (Å²) in [6.07, 6.45) is 4.10. The van der Waals surface area contributed by atoms with Crippen LogP contribution in [0, 0.1) is 12.3 Å². The van der Waals surface area contributed by atoms with Crippen LogP contribution in [0.2, 0.25) is 0 Å². The first kappa shape index (κ1) is 16.0. The highest BCUT2D eigenvalue weighted by Crippen LogP contribution is 2.33. The number of nitrogens with one attached hydrogen (secondary N) is 2.